The summed E-state index contributed by atoms with van der Waals surface area (Å²) in [5, 5.41) is 5.51. The highest BCUT2D eigenvalue weighted by atomic mass is 28.3. The van der Waals surface area contributed by atoms with Crippen LogP contribution >= 0.6 is 0 Å². The van der Waals surface area contributed by atoms with Gasteiger partial charge in [-0.05, 0) is 163 Å². The van der Waals surface area contributed by atoms with Gasteiger partial charge >= 0.3 is 0 Å². The first-order chi connectivity index (χ1) is 33.9. The van der Waals surface area contributed by atoms with E-state index in [1.807, 2.05) is 0 Å². The average Bonchev–Trinajstić information content (AvgIpc) is 3.62. The predicted octanol–water partition coefficient (Wildman–Crippen LogP) is 14.6. The van der Waals surface area contributed by atoms with E-state index in [1.54, 1.807) is 5.56 Å². The van der Waals surface area contributed by atoms with Crippen LogP contribution in [0.4, 0.5) is 17.1 Å². The highest BCUT2D eigenvalue weighted by Gasteiger charge is 2.51. The summed E-state index contributed by atoms with van der Waals surface area (Å²) in [4.78, 5) is 2.60. The van der Waals surface area contributed by atoms with Gasteiger partial charge in [0.2, 0.25) is 0 Å². The normalized spacial score (nSPS) is 20.6. The third kappa shape index (κ3) is 6.85. The van der Waals surface area contributed by atoms with E-state index < -0.39 is 8.07 Å². The Morgan fingerprint density at radius 1 is 0.377 bits per heavy atom. The van der Waals surface area contributed by atoms with E-state index in [-0.39, 0.29) is 5.41 Å². The van der Waals surface area contributed by atoms with Crippen LogP contribution in [-0.4, -0.2) is 8.07 Å². The smallest absolute Gasteiger partial charge is 0.179 e. The van der Waals surface area contributed by atoms with Gasteiger partial charge in [0.15, 0.2) is 8.07 Å². The largest absolute Gasteiger partial charge is 0.310 e. The van der Waals surface area contributed by atoms with Crippen LogP contribution in [0.1, 0.15) is 69.1 Å². The van der Waals surface area contributed by atoms with Crippen LogP contribution in [0.15, 0.2) is 231 Å². The maximum absolute atomic E-state index is 2.75. The van der Waals surface area contributed by atoms with Gasteiger partial charge in [0.1, 0.15) is 0 Å². The molecule has 0 saturated heterocycles. The minimum Gasteiger partial charge on any atom is -0.310 e. The summed E-state index contributed by atoms with van der Waals surface area (Å²) in [5.41, 5.74) is 15.6. The lowest BCUT2D eigenvalue weighted by Gasteiger charge is -2.57. The zero-order chi connectivity index (χ0) is 46.2. The molecule has 1 nitrogen and oxygen atoms in total. The summed E-state index contributed by atoms with van der Waals surface area (Å²) < 4.78 is 0. The Kier molecular flexibility index (Phi) is 10.1. The third-order valence-electron chi connectivity index (χ3n) is 17.2. The van der Waals surface area contributed by atoms with Gasteiger partial charge in [0.05, 0.1) is 5.69 Å². The maximum Gasteiger partial charge on any atom is 0.179 e. The lowest BCUT2D eigenvalue weighted by Crippen LogP contribution is -2.74. The Hall–Kier alpha value is -7.00. The fourth-order valence-electron chi connectivity index (χ4n) is 14.5. The number of rotatable bonds is 10. The molecule has 5 aliphatic carbocycles. The van der Waals surface area contributed by atoms with E-state index >= 15 is 0 Å². The molecule has 0 atom stereocenters. The monoisotopic (exact) mass is 905 g/mol. The average molecular weight is 906 g/mol. The first-order valence-corrected chi connectivity index (χ1v) is 27.5. The van der Waals surface area contributed by atoms with Crippen molar-refractivity contribution in [3.05, 3.63) is 247 Å². The Morgan fingerprint density at radius 2 is 0.812 bits per heavy atom. The van der Waals surface area contributed by atoms with Crippen molar-refractivity contribution in [3.8, 4) is 33.4 Å². The van der Waals surface area contributed by atoms with Crippen molar-refractivity contribution in [1.29, 1.82) is 0 Å². The van der Waals surface area contributed by atoms with E-state index in [4.69, 9.17) is 0 Å². The molecule has 336 valence electrons. The molecule has 0 aromatic heterocycles. The van der Waals surface area contributed by atoms with Gasteiger partial charge in [-0.3, -0.25) is 0 Å². The molecular formula is C67H59NSi. The molecule has 4 bridgehead atoms. The minimum absolute atomic E-state index is 0.178. The van der Waals surface area contributed by atoms with Crippen molar-refractivity contribution in [2.75, 3.05) is 4.90 Å². The second-order valence-corrected chi connectivity index (χ2v) is 25.3. The summed E-state index contributed by atoms with van der Waals surface area (Å²) in [6.07, 6.45) is 8.45. The Bertz CT molecular complexity index is 3170. The molecule has 9 aromatic rings. The first-order valence-electron chi connectivity index (χ1n) is 25.5. The molecule has 0 aliphatic heterocycles. The SMILES string of the molecule is CC1(C)c2ccccc2-c2cc(-c3ccccc3-c3ccccc3)c(N(c3ccc(C45CC6CC(CC(C6)C4)C5)cc3)c3ccc([Si](c4ccccc4)(c4ccccc4)c4ccccc4)cc3)cc21. The molecule has 4 saturated carbocycles. The van der Waals surface area contributed by atoms with Crippen molar-refractivity contribution in [3.63, 3.8) is 0 Å². The van der Waals surface area contributed by atoms with Gasteiger partial charge in [-0.1, -0.05) is 208 Å². The van der Waals surface area contributed by atoms with Crippen LogP contribution in [0.3, 0.4) is 0 Å². The Balaban J connectivity index is 1.05. The molecule has 5 aliphatic rings. The molecule has 4 fully saturated rings. The van der Waals surface area contributed by atoms with Crippen LogP contribution in [-0.2, 0) is 10.8 Å². The van der Waals surface area contributed by atoms with Crippen LogP contribution in [0.25, 0.3) is 33.4 Å². The van der Waals surface area contributed by atoms with E-state index in [1.165, 1.54) is 115 Å². The highest BCUT2D eigenvalue weighted by molar-refractivity contribution is 7.19. The summed E-state index contributed by atoms with van der Waals surface area (Å²) in [7, 11) is -2.75. The summed E-state index contributed by atoms with van der Waals surface area (Å²) >= 11 is 0. The standard InChI is InChI=1S/C67H59NSi/c1-66(2)63-30-18-17-29-60(63)61-42-62(59-28-16-15-27-58(59)50-19-7-3-8-20-50)65(43-64(61)66)68(52-33-31-51(32-34-52)67-44-47-39-48(45-67)41-49(40-47)46-67)53-35-37-57(38-36-53)69(54-21-9-4-10-22-54,55-23-11-5-12-24-55)56-25-13-6-14-26-56/h3-38,42-43,47-49H,39-41,44-46H2,1-2H3. The van der Waals surface area contributed by atoms with Crippen LogP contribution in [0, 0.1) is 17.8 Å². The molecule has 0 heterocycles. The highest BCUT2D eigenvalue weighted by Crippen LogP contribution is 2.61. The lowest BCUT2D eigenvalue weighted by atomic mass is 9.48. The summed E-state index contributed by atoms with van der Waals surface area (Å²) in [6, 6.07) is 87.9. The third-order valence-corrected chi connectivity index (χ3v) is 22.0. The van der Waals surface area contributed by atoms with Gasteiger partial charge in [-0.2, -0.15) is 0 Å². The molecule has 9 aromatic carbocycles. The molecule has 0 spiro atoms. The van der Waals surface area contributed by atoms with Crippen molar-refractivity contribution < 1.29 is 0 Å². The zero-order valence-electron chi connectivity index (χ0n) is 39.9. The van der Waals surface area contributed by atoms with E-state index in [0.29, 0.717) is 5.41 Å². The topological polar surface area (TPSA) is 3.24 Å². The lowest BCUT2D eigenvalue weighted by molar-refractivity contribution is -0.00518. The zero-order valence-corrected chi connectivity index (χ0v) is 40.9. The first kappa shape index (κ1) is 42.1. The minimum atomic E-state index is -2.75. The molecule has 0 unspecified atom stereocenters. The van der Waals surface area contributed by atoms with Crippen molar-refractivity contribution in [2.45, 2.75) is 63.2 Å². The van der Waals surface area contributed by atoms with Gasteiger partial charge in [0.25, 0.3) is 0 Å². The fraction of sp³-hybridized carbons (Fsp3) is 0.194. The quantitative estimate of drug-likeness (QED) is 0.0976. The Labute approximate surface area is 410 Å². The fourth-order valence-corrected chi connectivity index (χ4v) is 19.2. The van der Waals surface area contributed by atoms with Crippen molar-refractivity contribution >= 4 is 45.9 Å². The molecular weight excluding hydrogens is 847 g/mol. The summed E-state index contributed by atoms with van der Waals surface area (Å²) in [6.45, 7) is 4.83. The number of anilines is 3. The van der Waals surface area contributed by atoms with Gasteiger partial charge in [0, 0.05) is 22.4 Å². The molecule has 2 heteroatoms. The van der Waals surface area contributed by atoms with Gasteiger partial charge in [-0.25, -0.2) is 0 Å². The second kappa shape index (κ2) is 16.6. The molecule has 69 heavy (non-hydrogen) atoms. The van der Waals surface area contributed by atoms with Crippen molar-refractivity contribution in [2.24, 2.45) is 17.8 Å². The van der Waals surface area contributed by atoms with Crippen molar-refractivity contribution in [1.82, 2.24) is 0 Å². The van der Waals surface area contributed by atoms with Gasteiger partial charge in [-0.15, -0.1) is 0 Å². The Morgan fingerprint density at radius 3 is 1.35 bits per heavy atom. The van der Waals surface area contributed by atoms with E-state index in [0.717, 1.165) is 23.4 Å². The van der Waals surface area contributed by atoms with Crippen LogP contribution < -0.4 is 25.6 Å². The van der Waals surface area contributed by atoms with Crippen LogP contribution in [0.5, 0.6) is 0 Å². The second-order valence-electron chi connectivity index (χ2n) is 21.5. The molecule has 0 N–H and O–H groups in total. The number of nitrogens with zero attached hydrogens (tertiary/aromatic N) is 1. The maximum atomic E-state index is 2.60. The van der Waals surface area contributed by atoms with E-state index in [2.05, 4.69) is 249 Å². The summed E-state index contributed by atoms with van der Waals surface area (Å²) in [5.74, 6) is 2.70. The van der Waals surface area contributed by atoms with Crippen LogP contribution in [0.2, 0.25) is 0 Å². The van der Waals surface area contributed by atoms with Gasteiger partial charge < -0.3 is 4.90 Å². The number of benzene rings is 9. The number of hydrogen-bond acceptors (Lipinski definition) is 1. The molecule has 0 radical (unpaired) electrons. The molecule has 14 rings (SSSR count). The predicted molar refractivity (Wildman–Crippen MR) is 293 cm³/mol. The number of fused-ring (bicyclic) bond motifs is 3. The number of hydrogen-bond donors (Lipinski definition) is 0. The molecule has 0 amide bonds. The van der Waals surface area contributed by atoms with E-state index in [9.17, 15) is 0 Å².